The number of allylic oxidation sites excluding steroid dienone is 1. The van der Waals surface area contributed by atoms with Crippen LogP contribution in [0.4, 0.5) is 4.39 Å². The van der Waals surface area contributed by atoms with Crippen LogP contribution < -0.4 is 16.0 Å². The predicted molar refractivity (Wildman–Crippen MR) is 139 cm³/mol. The molecule has 0 aromatic carbocycles. The summed E-state index contributed by atoms with van der Waals surface area (Å²) < 4.78 is 22.4. The average Bonchev–Trinajstić information content (AvgIpc) is 3.12. The highest BCUT2D eigenvalue weighted by Gasteiger charge is 2.53. The third-order valence-electron chi connectivity index (χ3n) is 8.71. The van der Waals surface area contributed by atoms with E-state index in [1.807, 2.05) is 0 Å². The van der Waals surface area contributed by atoms with Crippen LogP contribution in [0, 0.1) is 5.92 Å². The van der Waals surface area contributed by atoms with E-state index in [1.165, 1.54) is 0 Å². The van der Waals surface area contributed by atoms with Crippen molar-refractivity contribution in [1.29, 1.82) is 0 Å². The highest BCUT2D eigenvalue weighted by molar-refractivity contribution is 7.99. The Morgan fingerprint density at radius 3 is 2.65 bits per heavy atom. The Labute approximate surface area is 210 Å². The summed E-state index contributed by atoms with van der Waals surface area (Å²) in [4.78, 5) is 13.4. The average molecular weight is 514 g/mol. The second kappa shape index (κ2) is 10.9. The lowest BCUT2D eigenvalue weighted by molar-refractivity contribution is -0.147. The Hall–Kier alpha value is -0.493. The Balaban J connectivity index is 1.68. The fourth-order valence-corrected chi connectivity index (χ4v) is 10.1. The SMILES string of the molecule is CC[Si](CC)(CC)OC1(C)CCC=C(F)CN2C(=O)C3CNC(SC)NC3N2C2CCCC1N2. The molecule has 3 N–H and O–H groups in total. The lowest BCUT2D eigenvalue weighted by Crippen LogP contribution is -2.68. The lowest BCUT2D eigenvalue weighted by atomic mass is 9.85. The third-order valence-corrected chi connectivity index (χ3v) is 14.2. The minimum absolute atomic E-state index is 0.00431. The second-order valence-corrected chi connectivity index (χ2v) is 16.2. The van der Waals surface area contributed by atoms with Crippen molar-refractivity contribution in [3.63, 3.8) is 0 Å². The molecule has 3 saturated heterocycles. The van der Waals surface area contributed by atoms with Crippen molar-refractivity contribution in [1.82, 2.24) is 26.0 Å². The maximum atomic E-state index is 15.2. The summed E-state index contributed by atoms with van der Waals surface area (Å²) in [5, 5.41) is 14.7. The van der Waals surface area contributed by atoms with E-state index in [0.717, 1.165) is 43.8 Å². The van der Waals surface area contributed by atoms with Gasteiger partial charge in [-0.2, -0.15) is 5.01 Å². The van der Waals surface area contributed by atoms with E-state index in [1.54, 1.807) is 22.8 Å². The zero-order valence-corrected chi connectivity index (χ0v) is 23.3. The minimum Gasteiger partial charge on any atom is -0.410 e. The summed E-state index contributed by atoms with van der Waals surface area (Å²) in [5.41, 5.74) is -0.281. The van der Waals surface area contributed by atoms with E-state index < -0.39 is 8.32 Å². The molecule has 3 fully saturated rings. The normalized spacial score (nSPS) is 37.6. The van der Waals surface area contributed by atoms with Gasteiger partial charge < -0.3 is 4.43 Å². The number of nitrogens with one attached hydrogen (secondary N) is 3. The van der Waals surface area contributed by atoms with Gasteiger partial charge in [0.1, 0.15) is 11.3 Å². The molecule has 4 aliphatic heterocycles. The van der Waals surface area contributed by atoms with Gasteiger partial charge in [-0.25, -0.2) is 4.39 Å². The van der Waals surface area contributed by atoms with Crippen molar-refractivity contribution >= 4 is 26.0 Å². The van der Waals surface area contributed by atoms with E-state index in [0.29, 0.717) is 13.0 Å². The van der Waals surface area contributed by atoms with Gasteiger partial charge in [0.2, 0.25) is 5.91 Å². The van der Waals surface area contributed by atoms with Crippen molar-refractivity contribution in [2.75, 3.05) is 19.3 Å². The van der Waals surface area contributed by atoms with Crippen LogP contribution in [0.1, 0.15) is 59.8 Å². The lowest BCUT2D eigenvalue weighted by Gasteiger charge is -2.50. The first-order chi connectivity index (χ1) is 16.3. The first kappa shape index (κ1) is 26.6. The molecule has 0 aromatic rings. The molecular formula is C24H44FN5O2SSi. The number of rotatable bonds is 6. The van der Waals surface area contributed by atoms with Gasteiger partial charge in [0, 0.05) is 12.6 Å². The smallest absolute Gasteiger partial charge is 0.244 e. The van der Waals surface area contributed by atoms with Crippen LogP contribution in [-0.2, 0) is 9.22 Å². The van der Waals surface area contributed by atoms with Gasteiger partial charge in [-0.15, -0.1) is 11.8 Å². The summed E-state index contributed by atoms with van der Waals surface area (Å²) in [6.07, 6.45) is 8.02. The number of halogens is 1. The first-order valence-electron chi connectivity index (χ1n) is 13.2. The van der Waals surface area contributed by atoms with Crippen LogP contribution >= 0.6 is 11.8 Å². The highest BCUT2D eigenvalue weighted by Crippen LogP contribution is 2.39. The minimum atomic E-state index is -1.87. The molecule has 194 valence electrons. The molecule has 0 radical (unpaired) electrons. The first-order valence-corrected chi connectivity index (χ1v) is 17.0. The van der Waals surface area contributed by atoms with Gasteiger partial charge >= 0.3 is 0 Å². The van der Waals surface area contributed by atoms with E-state index in [4.69, 9.17) is 4.43 Å². The van der Waals surface area contributed by atoms with Crippen molar-refractivity contribution < 1.29 is 13.6 Å². The maximum absolute atomic E-state index is 15.2. The number of piperidine rings is 1. The summed E-state index contributed by atoms with van der Waals surface area (Å²) in [7, 11) is -1.87. The van der Waals surface area contributed by atoms with Gasteiger partial charge in [0.25, 0.3) is 0 Å². The summed E-state index contributed by atoms with van der Waals surface area (Å²) >= 11 is 1.69. The Bertz CT molecular complexity index is 763. The molecule has 7 nitrogen and oxygen atoms in total. The molecule has 34 heavy (non-hydrogen) atoms. The molecule has 0 aliphatic carbocycles. The zero-order valence-electron chi connectivity index (χ0n) is 21.5. The molecule has 6 atom stereocenters. The van der Waals surface area contributed by atoms with Gasteiger partial charge in [-0.1, -0.05) is 26.8 Å². The van der Waals surface area contributed by atoms with Gasteiger partial charge in [0.15, 0.2) is 8.32 Å². The molecule has 2 bridgehead atoms. The van der Waals surface area contributed by atoms with Crippen LogP contribution in [0.5, 0.6) is 0 Å². The molecule has 4 rings (SSSR count). The summed E-state index contributed by atoms with van der Waals surface area (Å²) in [5.74, 6) is -0.441. The summed E-state index contributed by atoms with van der Waals surface area (Å²) in [6, 6.07) is 3.47. The predicted octanol–water partition coefficient (Wildman–Crippen LogP) is 3.72. The number of carbonyl (C=O) groups is 1. The summed E-state index contributed by atoms with van der Waals surface area (Å²) in [6.45, 7) is 9.67. The van der Waals surface area contributed by atoms with E-state index >= 15 is 4.39 Å². The molecule has 4 aliphatic rings. The zero-order chi connectivity index (χ0) is 24.5. The number of carbonyl (C=O) groups excluding carboxylic acids is 1. The second-order valence-electron chi connectivity index (χ2n) is 10.5. The Kier molecular flexibility index (Phi) is 8.49. The van der Waals surface area contributed by atoms with Crippen LogP contribution in [0.3, 0.4) is 0 Å². The number of thioether (sulfide) groups is 1. The topological polar surface area (TPSA) is 68.9 Å². The van der Waals surface area contributed by atoms with Crippen LogP contribution in [-0.4, -0.2) is 73.1 Å². The number of hydrogen-bond acceptors (Lipinski definition) is 7. The van der Waals surface area contributed by atoms with E-state index in [9.17, 15) is 4.79 Å². The van der Waals surface area contributed by atoms with E-state index in [2.05, 4.69) is 54.9 Å². The van der Waals surface area contributed by atoms with Crippen molar-refractivity contribution in [3.8, 4) is 0 Å². The van der Waals surface area contributed by atoms with Crippen molar-refractivity contribution in [2.45, 2.75) is 107 Å². The van der Waals surface area contributed by atoms with E-state index in [-0.39, 0.29) is 53.7 Å². The molecule has 0 aromatic heterocycles. The van der Waals surface area contributed by atoms with Crippen LogP contribution in [0.15, 0.2) is 11.9 Å². The van der Waals surface area contributed by atoms with Gasteiger partial charge in [0.05, 0.1) is 30.4 Å². The number of fused-ring (bicyclic) bond motifs is 6. The third kappa shape index (κ3) is 5.01. The fourth-order valence-electron chi connectivity index (χ4n) is 6.37. The molecule has 0 saturated carbocycles. The standard InChI is InChI=1S/C24H44FN5O2SSi/c1-6-34(7-2,8-3)32-24(4)14-10-11-17(25)16-29-22(31)18-15-26-23(33-5)28-21(18)30(29)20-13-9-12-19(24)27-20/h11,18-21,23,26-28H,6-10,12-16H2,1-5H3. The highest BCUT2D eigenvalue weighted by atomic mass is 32.2. The number of hydrazine groups is 1. The van der Waals surface area contributed by atoms with Gasteiger partial charge in [-0.05, 0) is 63.4 Å². The molecular weight excluding hydrogens is 469 g/mol. The number of nitrogens with zero attached hydrogens (tertiary/aromatic N) is 2. The van der Waals surface area contributed by atoms with Crippen LogP contribution in [0.25, 0.3) is 0 Å². The molecule has 4 heterocycles. The molecule has 6 unspecified atom stereocenters. The van der Waals surface area contributed by atoms with Crippen molar-refractivity contribution in [2.24, 2.45) is 5.92 Å². The largest absolute Gasteiger partial charge is 0.410 e. The maximum Gasteiger partial charge on any atom is 0.244 e. The van der Waals surface area contributed by atoms with Gasteiger partial charge in [-0.3, -0.25) is 25.8 Å². The monoisotopic (exact) mass is 513 g/mol. The molecule has 10 heteroatoms. The number of hydrogen-bond donors (Lipinski definition) is 3. The Morgan fingerprint density at radius 2 is 1.97 bits per heavy atom. The molecule has 1 amide bonds. The number of amides is 1. The quantitative estimate of drug-likeness (QED) is 0.468. The fraction of sp³-hybridized carbons (Fsp3) is 0.875. The molecule has 0 spiro atoms. The Morgan fingerprint density at radius 1 is 1.24 bits per heavy atom. The van der Waals surface area contributed by atoms with Crippen molar-refractivity contribution in [3.05, 3.63) is 11.9 Å². The van der Waals surface area contributed by atoms with Crippen LogP contribution in [0.2, 0.25) is 18.1 Å².